The van der Waals surface area contributed by atoms with E-state index in [1.807, 2.05) is 24.3 Å². The number of methoxy groups -OCH3 is 1. The first-order valence-corrected chi connectivity index (χ1v) is 9.54. The van der Waals surface area contributed by atoms with Crippen molar-refractivity contribution >= 4 is 29.2 Å². The Morgan fingerprint density at radius 3 is 2.56 bits per heavy atom. The van der Waals surface area contributed by atoms with Gasteiger partial charge in [-0.25, -0.2) is 9.97 Å². The number of hydrogen-bond acceptors (Lipinski definition) is 6. The van der Waals surface area contributed by atoms with E-state index in [9.17, 15) is 5.11 Å². The van der Waals surface area contributed by atoms with E-state index in [0.29, 0.717) is 22.0 Å². The zero-order chi connectivity index (χ0) is 18.2. The number of rotatable bonds is 9. The van der Waals surface area contributed by atoms with Crippen LogP contribution in [-0.2, 0) is 5.75 Å². The summed E-state index contributed by atoms with van der Waals surface area (Å²) in [5, 5.41) is 13.7. The van der Waals surface area contributed by atoms with Gasteiger partial charge in [-0.3, -0.25) is 0 Å². The van der Waals surface area contributed by atoms with E-state index in [4.69, 9.17) is 16.3 Å². The highest BCUT2D eigenvalue weighted by molar-refractivity contribution is 7.98. The minimum absolute atomic E-state index is 0.0497. The molecule has 0 aliphatic carbocycles. The van der Waals surface area contributed by atoms with Gasteiger partial charge in [0.15, 0.2) is 5.16 Å². The van der Waals surface area contributed by atoms with Crippen LogP contribution >= 0.6 is 23.4 Å². The van der Waals surface area contributed by atoms with Crippen LogP contribution in [0.15, 0.2) is 35.5 Å². The number of benzene rings is 1. The van der Waals surface area contributed by atoms with E-state index in [-0.39, 0.29) is 12.6 Å². The monoisotopic (exact) mass is 381 g/mol. The Hall–Kier alpha value is -1.50. The highest BCUT2D eigenvalue weighted by atomic mass is 35.5. The van der Waals surface area contributed by atoms with E-state index in [2.05, 4.69) is 29.1 Å². The third-order valence-corrected chi connectivity index (χ3v) is 4.64. The molecule has 136 valence electrons. The van der Waals surface area contributed by atoms with Crippen LogP contribution in [0.5, 0.6) is 5.75 Å². The molecular formula is C18H24ClN3O2S. The lowest BCUT2D eigenvalue weighted by Gasteiger charge is -2.19. The van der Waals surface area contributed by atoms with Crippen LogP contribution in [0.4, 0.5) is 5.82 Å². The van der Waals surface area contributed by atoms with Gasteiger partial charge in [-0.2, -0.15) is 0 Å². The summed E-state index contributed by atoms with van der Waals surface area (Å²) < 4.78 is 5.16. The number of anilines is 1. The molecule has 2 N–H and O–H groups in total. The number of aromatic nitrogens is 2. The van der Waals surface area contributed by atoms with E-state index in [1.54, 1.807) is 13.2 Å². The molecule has 25 heavy (non-hydrogen) atoms. The second-order valence-corrected chi connectivity index (χ2v) is 7.48. The van der Waals surface area contributed by atoms with Crippen molar-refractivity contribution in [3.8, 4) is 5.75 Å². The number of ether oxygens (including phenoxy) is 1. The largest absolute Gasteiger partial charge is 0.497 e. The van der Waals surface area contributed by atoms with Crippen molar-refractivity contribution in [1.29, 1.82) is 0 Å². The van der Waals surface area contributed by atoms with Crippen LogP contribution in [0.25, 0.3) is 0 Å². The average Bonchev–Trinajstić information content (AvgIpc) is 2.59. The van der Waals surface area contributed by atoms with Crippen LogP contribution < -0.4 is 10.1 Å². The summed E-state index contributed by atoms with van der Waals surface area (Å²) in [5.41, 5.74) is 1.15. The molecule has 0 bridgehead atoms. The Labute approximate surface area is 158 Å². The predicted octanol–water partition coefficient (Wildman–Crippen LogP) is 4.25. The summed E-state index contributed by atoms with van der Waals surface area (Å²) in [4.78, 5) is 8.76. The van der Waals surface area contributed by atoms with Crippen LogP contribution in [-0.4, -0.2) is 34.8 Å². The van der Waals surface area contributed by atoms with Crippen LogP contribution in [0.3, 0.4) is 0 Å². The van der Waals surface area contributed by atoms with Gasteiger partial charge in [0.1, 0.15) is 16.7 Å². The Balaban J connectivity index is 2.02. The normalized spacial score (nSPS) is 12.2. The zero-order valence-electron chi connectivity index (χ0n) is 14.7. The first kappa shape index (κ1) is 19.8. The molecule has 1 heterocycles. The summed E-state index contributed by atoms with van der Waals surface area (Å²) in [7, 11) is 1.65. The molecule has 0 aliphatic heterocycles. The first-order chi connectivity index (χ1) is 12.0. The van der Waals surface area contributed by atoms with Gasteiger partial charge in [-0.1, -0.05) is 49.3 Å². The topological polar surface area (TPSA) is 67.3 Å². The maximum atomic E-state index is 9.52. The number of halogens is 1. The van der Waals surface area contributed by atoms with Crippen molar-refractivity contribution in [1.82, 2.24) is 9.97 Å². The van der Waals surface area contributed by atoms with Gasteiger partial charge in [0, 0.05) is 11.8 Å². The van der Waals surface area contributed by atoms with Crippen molar-refractivity contribution < 1.29 is 9.84 Å². The number of hydrogen-bond donors (Lipinski definition) is 2. The maximum Gasteiger partial charge on any atom is 0.191 e. The van der Waals surface area contributed by atoms with E-state index in [1.165, 1.54) is 11.8 Å². The number of thioether (sulfide) groups is 1. The summed E-state index contributed by atoms with van der Waals surface area (Å²) in [6.07, 6.45) is 0.854. The fourth-order valence-corrected chi connectivity index (χ4v) is 3.41. The van der Waals surface area contributed by atoms with Gasteiger partial charge in [0.2, 0.25) is 0 Å². The molecule has 1 atom stereocenters. The predicted molar refractivity (Wildman–Crippen MR) is 104 cm³/mol. The highest BCUT2D eigenvalue weighted by Crippen LogP contribution is 2.24. The summed E-state index contributed by atoms with van der Waals surface area (Å²) >= 11 is 7.63. The van der Waals surface area contributed by atoms with Crippen molar-refractivity contribution in [3.63, 3.8) is 0 Å². The van der Waals surface area contributed by atoms with Gasteiger partial charge in [0.05, 0.1) is 19.8 Å². The molecule has 0 fully saturated rings. The van der Waals surface area contributed by atoms with Crippen LogP contribution in [0.2, 0.25) is 5.15 Å². The molecule has 2 rings (SSSR count). The molecule has 0 unspecified atom stereocenters. The lowest BCUT2D eigenvalue weighted by Crippen LogP contribution is -2.26. The average molecular weight is 382 g/mol. The molecule has 0 spiro atoms. The van der Waals surface area contributed by atoms with Crippen LogP contribution in [0, 0.1) is 5.92 Å². The number of aliphatic hydroxyl groups excluding tert-OH is 1. The van der Waals surface area contributed by atoms with E-state index in [0.717, 1.165) is 23.5 Å². The lowest BCUT2D eigenvalue weighted by atomic mass is 10.0. The molecule has 2 aromatic rings. The number of aliphatic hydroxyl groups is 1. The Kier molecular flexibility index (Phi) is 7.81. The smallest absolute Gasteiger partial charge is 0.191 e. The second-order valence-electron chi connectivity index (χ2n) is 6.15. The van der Waals surface area contributed by atoms with Crippen LogP contribution in [0.1, 0.15) is 25.8 Å². The minimum Gasteiger partial charge on any atom is -0.497 e. The van der Waals surface area contributed by atoms with E-state index < -0.39 is 0 Å². The standard InChI is InChI=1S/C18H24ClN3O2S/c1-12(2)8-14(10-23)20-17-9-16(19)21-18(22-17)25-11-13-4-6-15(24-3)7-5-13/h4-7,9,12,14,23H,8,10-11H2,1-3H3,(H,20,21,22)/t14-/m1/s1. The van der Waals surface area contributed by atoms with Crippen molar-refractivity contribution in [2.45, 2.75) is 37.2 Å². The fraction of sp³-hybridized carbons (Fsp3) is 0.444. The molecule has 1 aromatic heterocycles. The van der Waals surface area contributed by atoms with Crippen molar-refractivity contribution in [2.24, 2.45) is 5.92 Å². The molecule has 0 radical (unpaired) electrons. The molecule has 5 nitrogen and oxygen atoms in total. The minimum atomic E-state index is -0.0506. The molecule has 0 amide bonds. The first-order valence-electron chi connectivity index (χ1n) is 8.18. The SMILES string of the molecule is COc1ccc(CSc2nc(Cl)cc(N[C@@H](CO)CC(C)C)n2)cc1. The highest BCUT2D eigenvalue weighted by Gasteiger charge is 2.12. The molecule has 0 aliphatic rings. The van der Waals surface area contributed by atoms with E-state index >= 15 is 0 Å². The summed E-state index contributed by atoms with van der Waals surface area (Å²) in [6.45, 7) is 4.29. The van der Waals surface area contributed by atoms with Gasteiger partial charge in [-0.15, -0.1) is 0 Å². The number of nitrogens with zero attached hydrogens (tertiary/aromatic N) is 2. The summed E-state index contributed by atoms with van der Waals surface area (Å²) in [6, 6.07) is 9.52. The third kappa shape index (κ3) is 6.72. The van der Waals surface area contributed by atoms with Gasteiger partial charge in [-0.05, 0) is 30.0 Å². The fourth-order valence-electron chi connectivity index (χ4n) is 2.36. The van der Waals surface area contributed by atoms with Crippen molar-refractivity contribution in [2.75, 3.05) is 19.0 Å². The molecular weight excluding hydrogens is 358 g/mol. The Morgan fingerprint density at radius 1 is 1.24 bits per heavy atom. The zero-order valence-corrected chi connectivity index (χ0v) is 16.3. The van der Waals surface area contributed by atoms with Gasteiger partial charge < -0.3 is 15.2 Å². The maximum absolute atomic E-state index is 9.52. The Bertz CT molecular complexity index is 668. The quantitative estimate of drug-likeness (QED) is 0.384. The van der Waals surface area contributed by atoms with Gasteiger partial charge >= 0.3 is 0 Å². The lowest BCUT2D eigenvalue weighted by molar-refractivity contribution is 0.259. The Morgan fingerprint density at radius 2 is 1.96 bits per heavy atom. The third-order valence-electron chi connectivity index (χ3n) is 3.53. The van der Waals surface area contributed by atoms with Gasteiger partial charge in [0.25, 0.3) is 0 Å². The van der Waals surface area contributed by atoms with Crippen molar-refractivity contribution in [3.05, 3.63) is 41.0 Å². The second kappa shape index (κ2) is 9.85. The molecule has 0 saturated carbocycles. The summed E-state index contributed by atoms with van der Waals surface area (Å²) in [5.74, 6) is 2.68. The molecule has 7 heteroatoms. The molecule has 0 saturated heterocycles. The molecule has 1 aromatic carbocycles. The number of nitrogens with one attached hydrogen (secondary N) is 1.